The highest BCUT2D eigenvalue weighted by atomic mass is 14.3. The van der Waals surface area contributed by atoms with E-state index in [1.54, 1.807) is 0 Å². The maximum atomic E-state index is 4.22. The Morgan fingerprint density at radius 3 is 2.08 bits per heavy atom. The van der Waals surface area contributed by atoms with Gasteiger partial charge in [-0.05, 0) is 48.3 Å². The third kappa shape index (κ3) is 3.80. The van der Waals surface area contributed by atoms with Crippen LogP contribution in [0, 0.1) is 17.8 Å². The molecule has 0 N–H and O–H groups in total. The Bertz CT molecular complexity index is 679. The highest BCUT2D eigenvalue weighted by Crippen LogP contribution is 2.41. The highest BCUT2D eigenvalue weighted by molar-refractivity contribution is 5.65. The van der Waals surface area contributed by atoms with Gasteiger partial charge in [0.2, 0.25) is 0 Å². The Hall–Kier alpha value is -1.82. The fourth-order valence-corrected chi connectivity index (χ4v) is 3.42. The summed E-state index contributed by atoms with van der Waals surface area (Å²) in [5.41, 5.74) is 7.97. The average molecular weight is 321 g/mol. The van der Waals surface area contributed by atoms with Gasteiger partial charge in [-0.15, -0.1) is 0 Å². The van der Waals surface area contributed by atoms with Gasteiger partial charge in [-0.2, -0.15) is 0 Å². The Morgan fingerprint density at radius 1 is 1.00 bits per heavy atom. The molecule has 0 amide bonds. The molecule has 0 spiro atoms. The molecule has 1 aliphatic carbocycles. The van der Waals surface area contributed by atoms with Gasteiger partial charge in [0.05, 0.1) is 0 Å². The predicted octanol–water partition coefficient (Wildman–Crippen LogP) is 7.17. The van der Waals surface area contributed by atoms with Crippen molar-refractivity contribution in [3.8, 4) is 0 Å². The van der Waals surface area contributed by atoms with Gasteiger partial charge in [0.1, 0.15) is 0 Å². The third-order valence-electron chi connectivity index (χ3n) is 5.57. The molecule has 0 aromatic heterocycles. The Labute approximate surface area is 148 Å². The Morgan fingerprint density at radius 2 is 1.58 bits per heavy atom. The molecule has 2 rings (SSSR count). The lowest BCUT2D eigenvalue weighted by molar-refractivity contribution is 0.490. The first-order valence-electron chi connectivity index (χ1n) is 9.06. The van der Waals surface area contributed by atoms with E-state index in [-0.39, 0.29) is 0 Å². The van der Waals surface area contributed by atoms with Crippen LogP contribution in [0.1, 0.15) is 58.6 Å². The summed E-state index contributed by atoms with van der Waals surface area (Å²) in [7, 11) is 0. The van der Waals surface area contributed by atoms with Crippen LogP contribution in [0.3, 0.4) is 0 Å². The van der Waals surface area contributed by atoms with Crippen molar-refractivity contribution in [1.82, 2.24) is 0 Å². The van der Waals surface area contributed by atoms with Crippen LogP contribution < -0.4 is 0 Å². The van der Waals surface area contributed by atoms with E-state index >= 15 is 0 Å². The zero-order valence-corrected chi connectivity index (χ0v) is 16.2. The summed E-state index contributed by atoms with van der Waals surface area (Å²) in [4.78, 5) is 0. The van der Waals surface area contributed by atoms with Gasteiger partial charge < -0.3 is 0 Å². The Kier molecular flexibility index (Phi) is 5.70. The van der Waals surface area contributed by atoms with Gasteiger partial charge >= 0.3 is 0 Å². The standard InChI is InChI=1S/C24H32/c1-15(2)18(6)20(8)23-13-17(5)14-24(23)22-11-9-21(10-12-22)19(7)16(3)4/h9-14,16,18,20,24H,1,7H2,2-6,8H3. The van der Waals surface area contributed by atoms with Crippen LogP contribution in [0.25, 0.3) is 5.57 Å². The molecular weight excluding hydrogens is 288 g/mol. The van der Waals surface area contributed by atoms with Crippen LogP contribution >= 0.6 is 0 Å². The molecule has 0 heteroatoms. The maximum absolute atomic E-state index is 4.22. The largest absolute Gasteiger partial charge is 0.0998 e. The number of hydrogen-bond acceptors (Lipinski definition) is 0. The first-order chi connectivity index (χ1) is 11.2. The molecule has 24 heavy (non-hydrogen) atoms. The smallest absolute Gasteiger partial charge is 0.0240 e. The second-order valence-electron chi connectivity index (χ2n) is 7.76. The molecule has 0 nitrogen and oxygen atoms in total. The maximum Gasteiger partial charge on any atom is 0.0240 e. The number of allylic oxidation sites excluding steroid dienone is 6. The van der Waals surface area contributed by atoms with Crippen LogP contribution in [0.4, 0.5) is 0 Å². The minimum Gasteiger partial charge on any atom is -0.0998 e. The molecule has 0 bridgehead atoms. The van der Waals surface area contributed by atoms with Gasteiger partial charge in [0.15, 0.2) is 0 Å². The summed E-state index contributed by atoms with van der Waals surface area (Å²) >= 11 is 0. The van der Waals surface area contributed by atoms with E-state index in [4.69, 9.17) is 0 Å². The SMILES string of the molecule is C=C(c1ccc(C2C=C(C)C=C2C(C)C(C)C(=C)C)cc1)C(C)C. The van der Waals surface area contributed by atoms with E-state index in [0.29, 0.717) is 23.7 Å². The zero-order valence-electron chi connectivity index (χ0n) is 16.2. The number of rotatable bonds is 6. The van der Waals surface area contributed by atoms with E-state index in [1.165, 1.54) is 33.4 Å². The van der Waals surface area contributed by atoms with Crippen molar-refractivity contribution in [3.63, 3.8) is 0 Å². The Balaban J connectivity index is 2.28. The average Bonchev–Trinajstić information content (AvgIpc) is 2.94. The fourth-order valence-electron chi connectivity index (χ4n) is 3.42. The fraction of sp³-hybridized carbons (Fsp3) is 0.417. The van der Waals surface area contributed by atoms with E-state index in [0.717, 1.165) is 0 Å². The molecular formula is C24H32. The minimum atomic E-state index is 0.392. The van der Waals surface area contributed by atoms with E-state index in [1.807, 2.05) is 0 Å². The summed E-state index contributed by atoms with van der Waals surface area (Å²) < 4.78 is 0. The molecule has 3 atom stereocenters. The summed E-state index contributed by atoms with van der Waals surface area (Å²) in [5.74, 6) is 1.88. The first kappa shape index (κ1) is 18.5. The molecule has 1 aromatic rings. The second-order valence-corrected chi connectivity index (χ2v) is 7.76. The van der Waals surface area contributed by atoms with Gasteiger partial charge in [-0.3, -0.25) is 0 Å². The summed E-state index contributed by atoms with van der Waals surface area (Å²) in [6, 6.07) is 9.00. The first-order valence-corrected chi connectivity index (χ1v) is 9.06. The van der Waals surface area contributed by atoms with E-state index < -0.39 is 0 Å². The van der Waals surface area contributed by atoms with Gasteiger partial charge in [-0.1, -0.05) is 94.0 Å². The lowest BCUT2D eigenvalue weighted by Gasteiger charge is -2.26. The second kappa shape index (κ2) is 7.38. The lowest BCUT2D eigenvalue weighted by Crippen LogP contribution is -2.15. The van der Waals surface area contributed by atoms with Crippen molar-refractivity contribution in [1.29, 1.82) is 0 Å². The summed E-state index contributed by atoms with van der Waals surface area (Å²) in [5, 5.41) is 0. The van der Waals surface area contributed by atoms with Crippen molar-refractivity contribution < 1.29 is 0 Å². The highest BCUT2D eigenvalue weighted by Gasteiger charge is 2.27. The third-order valence-corrected chi connectivity index (χ3v) is 5.57. The van der Waals surface area contributed by atoms with Crippen LogP contribution in [0.5, 0.6) is 0 Å². The number of benzene rings is 1. The van der Waals surface area contributed by atoms with Crippen LogP contribution in [0.15, 0.2) is 66.3 Å². The summed E-state index contributed by atoms with van der Waals surface area (Å²) in [6.45, 7) is 21.7. The van der Waals surface area contributed by atoms with Crippen molar-refractivity contribution in [2.75, 3.05) is 0 Å². The predicted molar refractivity (Wildman–Crippen MR) is 108 cm³/mol. The van der Waals surface area contributed by atoms with Crippen LogP contribution in [-0.4, -0.2) is 0 Å². The van der Waals surface area contributed by atoms with Crippen LogP contribution in [0.2, 0.25) is 0 Å². The normalized spacial score (nSPS) is 19.7. The van der Waals surface area contributed by atoms with Gasteiger partial charge in [-0.25, -0.2) is 0 Å². The summed E-state index contributed by atoms with van der Waals surface area (Å²) in [6.07, 6.45) is 4.76. The molecule has 0 saturated carbocycles. The topological polar surface area (TPSA) is 0 Å². The van der Waals surface area contributed by atoms with Gasteiger partial charge in [0.25, 0.3) is 0 Å². The van der Waals surface area contributed by atoms with Crippen molar-refractivity contribution in [2.24, 2.45) is 17.8 Å². The minimum absolute atomic E-state index is 0.392. The van der Waals surface area contributed by atoms with Gasteiger partial charge in [0, 0.05) is 5.92 Å². The van der Waals surface area contributed by atoms with E-state index in [2.05, 4.69) is 91.1 Å². The molecule has 0 radical (unpaired) electrons. The molecule has 0 fully saturated rings. The number of hydrogen-bond donors (Lipinski definition) is 0. The molecule has 0 heterocycles. The van der Waals surface area contributed by atoms with Crippen molar-refractivity contribution in [3.05, 3.63) is 77.4 Å². The molecule has 0 aliphatic heterocycles. The zero-order chi connectivity index (χ0) is 18.0. The van der Waals surface area contributed by atoms with Crippen LogP contribution in [-0.2, 0) is 0 Å². The monoisotopic (exact) mass is 320 g/mol. The molecule has 128 valence electrons. The van der Waals surface area contributed by atoms with E-state index in [9.17, 15) is 0 Å². The molecule has 1 aliphatic rings. The quantitative estimate of drug-likeness (QED) is 0.487. The molecule has 0 saturated heterocycles. The molecule has 1 aromatic carbocycles. The van der Waals surface area contributed by atoms with Crippen molar-refractivity contribution >= 4 is 5.57 Å². The van der Waals surface area contributed by atoms with Crippen molar-refractivity contribution in [2.45, 2.75) is 47.5 Å². The molecule has 3 unspecified atom stereocenters. The lowest BCUT2D eigenvalue weighted by atomic mass is 9.78.